The maximum atomic E-state index is 12.5. The van der Waals surface area contributed by atoms with Gasteiger partial charge in [-0.2, -0.15) is 0 Å². The minimum atomic E-state index is -2.54. The average molecular weight is 215 g/mol. The SMILES string of the molecule is C=C(Cl)CC1(CCl)CC(F)(F)C1. The second-order valence-corrected chi connectivity index (χ2v) is 4.34. The average Bonchev–Trinajstić information content (AvgIpc) is 1.81. The monoisotopic (exact) mass is 214 g/mol. The maximum Gasteiger partial charge on any atom is 0.249 e. The lowest BCUT2D eigenvalue weighted by molar-refractivity contribution is -0.151. The summed E-state index contributed by atoms with van der Waals surface area (Å²) in [5.74, 6) is -2.31. The van der Waals surface area contributed by atoms with Gasteiger partial charge in [0.1, 0.15) is 0 Å². The summed E-state index contributed by atoms with van der Waals surface area (Å²) in [5.41, 5.74) is -0.496. The number of hydrogen-bond donors (Lipinski definition) is 0. The molecule has 0 aromatic rings. The molecule has 0 bridgehead atoms. The van der Waals surface area contributed by atoms with Crippen molar-refractivity contribution in [2.45, 2.75) is 25.2 Å². The van der Waals surface area contributed by atoms with Gasteiger partial charge in [-0.15, -0.1) is 11.6 Å². The molecule has 1 fully saturated rings. The van der Waals surface area contributed by atoms with Gasteiger partial charge in [-0.3, -0.25) is 0 Å². The van der Waals surface area contributed by atoms with E-state index in [1.165, 1.54) is 0 Å². The molecule has 1 saturated carbocycles. The zero-order valence-corrected chi connectivity index (χ0v) is 8.06. The van der Waals surface area contributed by atoms with Gasteiger partial charge in [0.15, 0.2) is 0 Å². The van der Waals surface area contributed by atoms with Crippen LogP contribution in [0.25, 0.3) is 0 Å². The van der Waals surface area contributed by atoms with E-state index in [-0.39, 0.29) is 18.7 Å². The normalized spacial score (nSPS) is 24.7. The molecule has 1 aliphatic carbocycles. The van der Waals surface area contributed by atoms with Crippen LogP contribution in [0, 0.1) is 5.41 Å². The molecule has 0 saturated heterocycles. The molecule has 0 unspecified atom stereocenters. The van der Waals surface area contributed by atoms with Crippen LogP contribution in [0.5, 0.6) is 0 Å². The van der Waals surface area contributed by atoms with Crippen molar-refractivity contribution in [1.29, 1.82) is 0 Å². The molecule has 0 heterocycles. The van der Waals surface area contributed by atoms with Crippen LogP contribution < -0.4 is 0 Å². The van der Waals surface area contributed by atoms with E-state index in [0.717, 1.165) is 0 Å². The topological polar surface area (TPSA) is 0 Å². The van der Waals surface area contributed by atoms with Crippen LogP contribution in [0.15, 0.2) is 11.6 Å². The maximum absolute atomic E-state index is 12.5. The molecule has 0 atom stereocenters. The molecular formula is C8H10Cl2F2. The fraction of sp³-hybridized carbons (Fsp3) is 0.750. The van der Waals surface area contributed by atoms with Crippen molar-refractivity contribution in [3.63, 3.8) is 0 Å². The Hall–Kier alpha value is 0.180. The lowest BCUT2D eigenvalue weighted by Crippen LogP contribution is -2.47. The summed E-state index contributed by atoms with van der Waals surface area (Å²) in [5, 5.41) is 0.408. The third-order valence-corrected chi connectivity index (χ3v) is 2.82. The van der Waals surface area contributed by atoms with Gasteiger partial charge in [0.2, 0.25) is 5.92 Å². The molecule has 0 aromatic heterocycles. The van der Waals surface area contributed by atoms with Crippen molar-refractivity contribution >= 4 is 23.2 Å². The van der Waals surface area contributed by atoms with Crippen molar-refractivity contribution < 1.29 is 8.78 Å². The largest absolute Gasteiger partial charge is 0.249 e. The van der Waals surface area contributed by atoms with Crippen LogP contribution in [0.1, 0.15) is 19.3 Å². The summed E-state index contributed by atoms with van der Waals surface area (Å²) >= 11 is 11.1. The number of rotatable bonds is 3. The van der Waals surface area contributed by atoms with Crippen LogP contribution >= 0.6 is 23.2 Å². The molecule has 0 aromatic carbocycles. The minimum Gasteiger partial charge on any atom is -0.207 e. The van der Waals surface area contributed by atoms with Crippen LogP contribution in [-0.2, 0) is 0 Å². The molecular weight excluding hydrogens is 205 g/mol. The summed E-state index contributed by atoms with van der Waals surface area (Å²) in [6.45, 7) is 3.48. The number of hydrogen-bond acceptors (Lipinski definition) is 0. The van der Waals surface area contributed by atoms with Gasteiger partial charge in [-0.1, -0.05) is 18.2 Å². The third-order valence-electron chi connectivity index (χ3n) is 2.12. The highest BCUT2D eigenvalue weighted by atomic mass is 35.5. The molecule has 0 nitrogen and oxygen atoms in total. The number of halogens is 4. The summed E-state index contributed by atoms with van der Waals surface area (Å²) in [6.07, 6.45) is 0.0815. The highest BCUT2D eigenvalue weighted by Gasteiger charge is 2.55. The van der Waals surface area contributed by atoms with E-state index in [4.69, 9.17) is 23.2 Å². The third kappa shape index (κ3) is 2.11. The van der Waals surface area contributed by atoms with Crippen molar-refractivity contribution in [1.82, 2.24) is 0 Å². The van der Waals surface area contributed by atoms with E-state index in [2.05, 4.69) is 6.58 Å². The molecule has 0 spiro atoms. The molecule has 0 N–H and O–H groups in total. The molecule has 12 heavy (non-hydrogen) atoms. The van der Waals surface area contributed by atoms with Crippen LogP contribution in [-0.4, -0.2) is 11.8 Å². The van der Waals surface area contributed by atoms with Crippen LogP contribution in [0.3, 0.4) is 0 Å². The van der Waals surface area contributed by atoms with Crippen LogP contribution in [0.4, 0.5) is 8.78 Å². The van der Waals surface area contributed by atoms with Crippen molar-refractivity contribution in [3.8, 4) is 0 Å². The first-order valence-corrected chi connectivity index (χ1v) is 4.58. The predicted octanol–water partition coefficient (Wildman–Crippen LogP) is 3.78. The first-order chi connectivity index (χ1) is 5.39. The Balaban J connectivity index is 2.53. The first kappa shape index (κ1) is 10.3. The zero-order valence-electron chi connectivity index (χ0n) is 6.55. The highest BCUT2D eigenvalue weighted by Crippen LogP contribution is 2.55. The van der Waals surface area contributed by atoms with Gasteiger partial charge in [0.25, 0.3) is 0 Å². The lowest BCUT2D eigenvalue weighted by atomic mass is 9.65. The Kier molecular flexibility index (Phi) is 2.69. The quantitative estimate of drug-likeness (QED) is 0.628. The highest BCUT2D eigenvalue weighted by molar-refractivity contribution is 6.29. The van der Waals surface area contributed by atoms with Crippen molar-refractivity contribution in [2.75, 3.05) is 5.88 Å². The molecule has 1 rings (SSSR count). The predicted molar refractivity (Wildman–Crippen MR) is 46.9 cm³/mol. The Morgan fingerprint density at radius 3 is 2.17 bits per heavy atom. The molecule has 0 aliphatic heterocycles. The molecule has 0 amide bonds. The second-order valence-electron chi connectivity index (χ2n) is 3.54. The number of alkyl halides is 3. The van der Waals surface area contributed by atoms with E-state index >= 15 is 0 Å². The fourth-order valence-corrected chi connectivity index (χ4v) is 2.29. The Morgan fingerprint density at radius 1 is 1.42 bits per heavy atom. The van der Waals surface area contributed by atoms with Crippen molar-refractivity contribution in [3.05, 3.63) is 11.6 Å². The Labute approximate surface area is 80.5 Å². The van der Waals surface area contributed by atoms with Gasteiger partial charge in [0.05, 0.1) is 0 Å². The van der Waals surface area contributed by atoms with Crippen LogP contribution in [0.2, 0.25) is 0 Å². The Morgan fingerprint density at radius 2 is 1.92 bits per heavy atom. The number of allylic oxidation sites excluding steroid dienone is 1. The summed E-state index contributed by atoms with van der Waals surface area (Å²) in [7, 11) is 0. The van der Waals surface area contributed by atoms with Gasteiger partial charge in [-0.05, 0) is 6.42 Å². The van der Waals surface area contributed by atoms with Gasteiger partial charge < -0.3 is 0 Å². The standard InChI is InChI=1S/C8H10Cl2F2/c1-6(10)2-7(5-9)3-8(11,12)4-7/h1-5H2. The summed E-state index contributed by atoms with van der Waals surface area (Å²) < 4.78 is 25.1. The smallest absolute Gasteiger partial charge is 0.207 e. The first-order valence-electron chi connectivity index (χ1n) is 3.66. The van der Waals surface area contributed by atoms with Gasteiger partial charge >= 0.3 is 0 Å². The molecule has 4 heteroatoms. The summed E-state index contributed by atoms with van der Waals surface area (Å²) in [4.78, 5) is 0. The molecule has 70 valence electrons. The van der Waals surface area contributed by atoms with E-state index < -0.39 is 11.3 Å². The molecule has 0 radical (unpaired) electrons. The van der Waals surface area contributed by atoms with Crippen molar-refractivity contribution in [2.24, 2.45) is 5.41 Å². The minimum absolute atomic E-state index is 0.157. The van der Waals surface area contributed by atoms with Gasteiger partial charge in [0, 0.05) is 29.2 Å². The lowest BCUT2D eigenvalue weighted by Gasteiger charge is -2.46. The zero-order chi connectivity index (χ0) is 9.41. The summed E-state index contributed by atoms with van der Waals surface area (Å²) in [6, 6.07) is 0. The Bertz CT molecular complexity index is 193. The fourth-order valence-electron chi connectivity index (χ4n) is 1.72. The van der Waals surface area contributed by atoms with Gasteiger partial charge in [-0.25, -0.2) is 8.78 Å². The van der Waals surface area contributed by atoms with E-state index in [9.17, 15) is 8.78 Å². The van der Waals surface area contributed by atoms with E-state index in [0.29, 0.717) is 11.5 Å². The second kappa shape index (κ2) is 3.15. The van der Waals surface area contributed by atoms with E-state index in [1.807, 2.05) is 0 Å². The molecule has 1 aliphatic rings. The van der Waals surface area contributed by atoms with E-state index in [1.54, 1.807) is 0 Å².